The van der Waals surface area contributed by atoms with E-state index < -0.39 is 12.8 Å². The van der Waals surface area contributed by atoms with Gasteiger partial charge < -0.3 is 20.3 Å². The van der Waals surface area contributed by atoms with Crippen LogP contribution < -0.4 is 15.4 Å². The van der Waals surface area contributed by atoms with Crippen molar-refractivity contribution in [1.82, 2.24) is 15.5 Å². The molecule has 10 heteroatoms. The second-order valence-electron chi connectivity index (χ2n) is 7.03. The van der Waals surface area contributed by atoms with Gasteiger partial charge in [0.25, 0.3) is 0 Å². The first kappa shape index (κ1) is 26.3. The van der Waals surface area contributed by atoms with Crippen LogP contribution in [0.1, 0.15) is 31.7 Å². The number of guanidine groups is 1. The van der Waals surface area contributed by atoms with E-state index >= 15 is 0 Å². The van der Waals surface area contributed by atoms with Crippen molar-refractivity contribution in [2.75, 3.05) is 33.3 Å². The number of rotatable bonds is 7. The third-order valence-corrected chi connectivity index (χ3v) is 4.71. The number of carbonyl (C=O) groups excluding carboxylic acids is 1. The maximum atomic E-state index is 12.3. The maximum Gasteiger partial charge on any atom is 0.422 e. The maximum absolute atomic E-state index is 12.3. The van der Waals surface area contributed by atoms with Gasteiger partial charge in [-0.2, -0.15) is 13.2 Å². The Morgan fingerprint density at radius 2 is 2.00 bits per heavy atom. The molecule has 1 aromatic rings. The highest BCUT2D eigenvalue weighted by atomic mass is 127. The number of alkyl halides is 3. The van der Waals surface area contributed by atoms with Crippen LogP contribution in [-0.4, -0.2) is 56.2 Å². The Morgan fingerprint density at radius 3 is 2.60 bits per heavy atom. The van der Waals surface area contributed by atoms with E-state index in [2.05, 4.69) is 20.5 Å². The van der Waals surface area contributed by atoms with Gasteiger partial charge in [0.2, 0.25) is 5.91 Å². The minimum absolute atomic E-state index is 0. The molecule has 1 aliphatic rings. The Balaban J connectivity index is 0.00000450. The summed E-state index contributed by atoms with van der Waals surface area (Å²) in [5.74, 6) is 1.38. The molecule has 0 saturated carbocycles. The van der Waals surface area contributed by atoms with Gasteiger partial charge in [0, 0.05) is 33.1 Å². The molecule has 1 amide bonds. The van der Waals surface area contributed by atoms with Gasteiger partial charge >= 0.3 is 6.18 Å². The van der Waals surface area contributed by atoms with Crippen LogP contribution in [0.3, 0.4) is 0 Å². The van der Waals surface area contributed by atoms with Crippen molar-refractivity contribution in [3.63, 3.8) is 0 Å². The van der Waals surface area contributed by atoms with Crippen molar-refractivity contribution in [3.05, 3.63) is 29.8 Å². The molecule has 170 valence electrons. The van der Waals surface area contributed by atoms with Crippen molar-refractivity contribution >= 4 is 35.8 Å². The highest BCUT2D eigenvalue weighted by Gasteiger charge is 2.28. The normalized spacial score (nSPS) is 15.4. The molecule has 2 rings (SSSR count). The molecule has 1 saturated heterocycles. The summed E-state index contributed by atoms with van der Waals surface area (Å²) >= 11 is 0. The summed E-state index contributed by atoms with van der Waals surface area (Å²) < 4.78 is 41.8. The molecule has 1 aliphatic heterocycles. The second kappa shape index (κ2) is 12.9. The number of amides is 1. The first-order valence-corrected chi connectivity index (χ1v) is 9.83. The molecule has 0 unspecified atom stereocenters. The van der Waals surface area contributed by atoms with Crippen LogP contribution in [0.5, 0.6) is 5.75 Å². The van der Waals surface area contributed by atoms with E-state index in [9.17, 15) is 18.0 Å². The molecule has 1 aromatic carbocycles. The summed E-state index contributed by atoms with van der Waals surface area (Å²) in [6.07, 6.45) is -1.99. The number of nitrogens with zero attached hydrogens (tertiary/aromatic N) is 2. The van der Waals surface area contributed by atoms with Gasteiger partial charge in [-0.05, 0) is 43.4 Å². The van der Waals surface area contributed by atoms with E-state index in [1.165, 1.54) is 6.07 Å². The summed E-state index contributed by atoms with van der Waals surface area (Å²) in [5, 5.41) is 5.93. The number of hydrogen-bond donors (Lipinski definition) is 2. The van der Waals surface area contributed by atoms with Crippen LogP contribution in [0.25, 0.3) is 0 Å². The Hall–Kier alpha value is -1.72. The molecular formula is C20H30F3IN4O2. The lowest BCUT2D eigenvalue weighted by Crippen LogP contribution is -2.46. The molecule has 0 atom stereocenters. The quantitative estimate of drug-likeness (QED) is 0.314. The van der Waals surface area contributed by atoms with Gasteiger partial charge in [0.15, 0.2) is 12.6 Å². The van der Waals surface area contributed by atoms with Crippen molar-refractivity contribution in [2.45, 2.75) is 38.9 Å². The average molecular weight is 542 g/mol. The molecule has 0 aliphatic carbocycles. The van der Waals surface area contributed by atoms with Crippen molar-refractivity contribution < 1.29 is 22.7 Å². The Morgan fingerprint density at radius 1 is 1.30 bits per heavy atom. The second-order valence-corrected chi connectivity index (χ2v) is 7.03. The SMILES string of the molecule is CCNC(=NCc1cccc(OCC(F)(F)F)c1)N1CCC(CC(=O)NC)CC1.I. The number of piperidine rings is 1. The fraction of sp³-hybridized carbons (Fsp3) is 0.600. The zero-order valence-electron chi connectivity index (χ0n) is 17.3. The predicted molar refractivity (Wildman–Crippen MR) is 121 cm³/mol. The molecule has 30 heavy (non-hydrogen) atoms. The highest BCUT2D eigenvalue weighted by Crippen LogP contribution is 2.22. The van der Waals surface area contributed by atoms with E-state index in [0.29, 0.717) is 25.4 Å². The number of nitrogens with one attached hydrogen (secondary N) is 2. The fourth-order valence-electron chi connectivity index (χ4n) is 3.20. The molecule has 1 heterocycles. The first-order valence-electron chi connectivity index (χ1n) is 9.83. The van der Waals surface area contributed by atoms with Gasteiger partial charge in [-0.1, -0.05) is 12.1 Å². The van der Waals surface area contributed by atoms with Crippen molar-refractivity contribution in [3.8, 4) is 5.75 Å². The van der Waals surface area contributed by atoms with Crippen LogP contribution in [0.15, 0.2) is 29.3 Å². The summed E-state index contributed by atoms with van der Waals surface area (Å²) in [5.41, 5.74) is 0.773. The van der Waals surface area contributed by atoms with E-state index in [-0.39, 0.29) is 35.6 Å². The fourth-order valence-corrected chi connectivity index (χ4v) is 3.20. The van der Waals surface area contributed by atoms with Crippen LogP contribution >= 0.6 is 24.0 Å². The lowest BCUT2D eigenvalue weighted by molar-refractivity contribution is -0.153. The Kier molecular flexibility index (Phi) is 11.3. The third-order valence-electron chi connectivity index (χ3n) is 4.71. The van der Waals surface area contributed by atoms with Crippen LogP contribution in [-0.2, 0) is 11.3 Å². The largest absolute Gasteiger partial charge is 0.484 e. The number of likely N-dealkylation sites (tertiary alicyclic amines) is 1. The standard InChI is InChI=1S/C20H29F3N4O2.HI/c1-3-25-19(27-9-7-15(8-10-27)12-18(28)24-2)26-13-16-5-4-6-17(11-16)29-14-20(21,22)23;/h4-6,11,15H,3,7-10,12-14H2,1-2H3,(H,24,28)(H,25,26);1H. The van der Waals surface area contributed by atoms with E-state index in [1.54, 1.807) is 19.2 Å². The molecule has 0 radical (unpaired) electrons. The molecule has 0 bridgehead atoms. The molecule has 2 N–H and O–H groups in total. The molecule has 0 aromatic heterocycles. The monoisotopic (exact) mass is 542 g/mol. The zero-order valence-corrected chi connectivity index (χ0v) is 19.6. The summed E-state index contributed by atoms with van der Waals surface area (Å²) in [6, 6.07) is 6.55. The molecular weight excluding hydrogens is 512 g/mol. The van der Waals surface area contributed by atoms with Gasteiger partial charge in [-0.3, -0.25) is 4.79 Å². The highest BCUT2D eigenvalue weighted by molar-refractivity contribution is 14.0. The van der Waals surface area contributed by atoms with Crippen molar-refractivity contribution in [1.29, 1.82) is 0 Å². The number of carbonyl (C=O) groups is 1. The zero-order chi connectivity index (χ0) is 21.3. The summed E-state index contributed by atoms with van der Waals surface area (Å²) in [4.78, 5) is 18.3. The van der Waals surface area contributed by atoms with Crippen LogP contribution in [0.2, 0.25) is 0 Å². The Labute approximate surface area is 192 Å². The number of ether oxygens (including phenoxy) is 1. The van der Waals surface area contributed by atoms with E-state index in [4.69, 9.17) is 4.74 Å². The van der Waals surface area contributed by atoms with Gasteiger partial charge in [-0.15, -0.1) is 24.0 Å². The number of benzene rings is 1. The smallest absolute Gasteiger partial charge is 0.422 e. The average Bonchev–Trinajstić information content (AvgIpc) is 2.70. The van der Waals surface area contributed by atoms with E-state index in [0.717, 1.165) is 37.5 Å². The molecule has 1 fully saturated rings. The molecule has 0 spiro atoms. The minimum Gasteiger partial charge on any atom is -0.484 e. The van der Waals surface area contributed by atoms with Crippen LogP contribution in [0.4, 0.5) is 13.2 Å². The van der Waals surface area contributed by atoms with Crippen LogP contribution in [0, 0.1) is 5.92 Å². The first-order chi connectivity index (χ1) is 13.8. The minimum atomic E-state index is -4.36. The number of hydrogen-bond acceptors (Lipinski definition) is 3. The summed E-state index contributed by atoms with van der Waals surface area (Å²) in [6.45, 7) is 3.34. The van der Waals surface area contributed by atoms with E-state index in [1.807, 2.05) is 13.0 Å². The topological polar surface area (TPSA) is 66.0 Å². The van der Waals surface area contributed by atoms with Gasteiger partial charge in [0.1, 0.15) is 5.75 Å². The lowest BCUT2D eigenvalue weighted by Gasteiger charge is -2.34. The third kappa shape index (κ3) is 9.40. The number of aliphatic imine (C=N–C) groups is 1. The number of halogens is 4. The van der Waals surface area contributed by atoms with Gasteiger partial charge in [0.05, 0.1) is 6.54 Å². The predicted octanol–water partition coefficient (Wildman–Crippen LogP) is 3.56. The summed E-state index contributed by atoms with van der Waals surface area (Å²) in [7, 11) is 1.65. The van der Waals surface area contributed by atoms with Gasteiger partial charge in [-0.25, -0.2) is 4.99 Å². The Bertz CT molecular complexity index is 693. The lowest BCUT2D eigenvalue weighted by atomic mass is 9.93. The van der Waals surface area contributed by atoms with Crippen molar-refractivity contribution in [2.24, 2.45) is 10.9 Å². The molecule has 6 nitrogen and oxygen atoms in total.